The van der Waals surface area contributed by atoms with Gasteiger partial charge in [0.25, 0.3) is 0 Å². The normalized spacial score (nSPS) is 12.6. The van der Waals surface area contributed by atoms with E-state index < -0.39 is 0 Å². The second-order valence-electron chi connectivity index (χ2n) is 4.37. The molecule has 5 nitrogen and oxygen atoms in total. The average Bonchev–Trinajstić information content (AvgIpc) is 2.75. The van der Waals surface area contributed by atoms with Crippen LogP contribution in [0.3, 0.4) is 0 Å². The van der Waals surface area contributed by atoms with Crippen molar-refractivity contribution in [2.75, 3.05) is 0 Å². The highest BCUT2D eigenvalue weighted by molar-refractivity contribution is 5.40. The number of nitrogens with one attached hydrogen (secondary N) is 1. The maximum absolute atomic E-state index is 9.74. The fourth-order valence-corrected chi connectivity index (χ4v) is 1.83. The fraction of sp³-hybridized carbons (Fsp3) is 0.308. The van der Waals surface area contributed by atoms with E-state index in [9.17, 15) is 10.2 Å². The second kappa shape index (κ2) is 5.10. The van der Waals surface area contributed by atoms with Crippen molar-refractivity contribution in [3.63, 3.8) is 0 Å². The highest BCUT2D eigenvalue weighted by Gasteiger charge is 2.11. The first kappa shape index (κ1) is 12.4. The molecule has 0 bridgehead atoms. The molecule has 1 unspecified atom stereocenters. The van der Waals surface area contributed by atoms with Crippen molar-refractivity contribution >= 4 is 0 Å². The molecular weight excluding hydrogens is 230 g/mol. The molecule has 0 aliphatic carbocycles. The molecule has 96 valence electrons. The van der Waals surface area contributed by atoms with Gasteiger partial charge in [0.1, 0.15) is 11.5 Å². The molecule has 0 amide bonds. The number of phenols is 2. The summed E-state index contributed by atoms with van der Waals surface area (Å²) in [5.74, 6) is 0.330. The van der Waals surface area contributed by atoms with Crippen LogP contribution in [0.1, 0.15) is 24.1 Å². The molecule has 0 fully saturated rings. The van der Waals surface area contributed by atoms with Crippen LogP contribution in [0.5, 0.6) is 11.5 Å². The Balaban J connectivity index is 2.03. The zero-order valence-electron chi connectivity index (χ0n) is 10.5. The Bertz CT molecular complexity index is 537. The number of aryl methyl sites for hydroxylation is 1. The van der Waals surface area contributed by atoms with E-state index in [1.165, 1.54) is 12.1 Å². The zero-order valence-corrected chi connectivity index (χ0v) is 10.5. The van der Waals surface area contributed by atoms with Gasteiger partial charge in [-0.1, -0.05) is 0 Å². The Kier molecular flexibility index (Phi) is 3.53. The van der Waals surface area contributed by atoms with Crippen molar-refractivity contribution in [3.8, 4) is 11.5 Å². The van der Waals surface area contributed by atoms with E-state index in [0.717, 1.165) is 5.56 Å². The lowest BCUT2D eigenvalue weighted by atomic mass is 10.1. The van der Waals surface area contributed by atoms with Crippen molar-refractivity contribution in [1.29, 1.82) is 0 Å². The van der Waals surface area contributed by atoms with Crippen molar-refractivity contribution in [2.45, 2.75) is 19.5 Å². The topological polar surface area (TPSA) is 70.3 Å². The molecule has 0 saturated heterocycles. The molecule has 0 saturated carbocycles. The van der Waals surface area contributed by atoms with E-state index in [-0.39, 0.29) is 17.5 Å². The largest absolute Gasteiger partial charge is 0.508 e. The predicted molar refractivity (Wildman–Crippen MR) is 68.2 cm³/mol. The maximum Gasteiger partial charge on any atom is 0.120 e. The van der Waals surface area contributed by atoms with Gasteiger partial charge >= 0.3 is 0 Å². The second-order valence-corrected chi connectivity index (χ2v) is 4.37. The Morgan fingerprint density at radius 3 is 2.83 bits per heavy atom. The van der Waals surface area contributed by atoms with Crippen LogP contribution >= 0.6 is 0 Å². The smallest absolute Gasteiger partial charge is 0.120 e. The Morgan fingerprint density at radius 2 is 2.17 bits per heavy atom. The first-order chi connectivity index (χ1) is 8.56. The van der Waals surface area contributed by atoms with Crippen molar-refractivity contribution in [2.24, 2.45) is 7.05 Å². The van der Waals surface area contributed by atoms with Crippen LogP contribution < -0.4 is 5.32 Å². The quantitative estimate of drug-likeness (QED) is 0.719. The number of hydrogen-bond acceptors (Lipinski definition) is 4. The molecule has 0 spiro atoms. The summed E-state index contributed by atoms with van der Waals surface area (Å²) < 4.78 is 1.74. The molecule has 0 radical (unpaired) electrons. The van der Waals surface area contributed by atoms with E-state index in [1.807, 2.05) is 20.2 Å². The van der Waals surface area contributed by atoms with Crippen LogP contribution in [0, 0.1) is 0 Å². The summed E-state index contributed by atoms with van der Waals surface area (Å²) in [6, 6.07) is 4.47. The Labute approximate surface area is 106 Å². The molecule has 1 atom stereocenters. The third-order valence-electron chi connectivity index (χ3n) is 2.85. The van der Waals surface area contributed by atoms with Gasteiger partial charge in [0.05, 0.1) is 6.20 Å². The van der Waals surface area contributed by atoms with Crippen LogP contribution in [0.15, 0.2) is 30.6 Å². The molecule has 0 aliphatic rings. The number of aromatic nitrogens is 2. The summed E-state index contributed by atoms with van der Waals surface area (Å²) in [6.45, 7) is 2.59. The zero-order chi connectivity index (χ0) is 13.1. The fourth-order valence-electron chi connectivity index (χ4n) is 1.83. The minimum Gasteiger partial charge on any atom is -0.508 e. The number of phenolic OH excluding ortho intramolecular Hbond substituents is 2. The lowest BCUT2D eigenvalue weighted by Gasteiger charge is -2.15. The third-order valence-corrected chi connectivity index (χ3v) is 2.85. The van der Waals surface area contributed by atoms with E-state index in [2.05, 4.69) is 10.4 Å². The minimum atomic E-state index is -0.0580. The SMILES string of the molecule is CC(NCc1cnn(C)c1)c1cc(O)ccc1O. The van der Waals surface area contributed by atoms with Crippen LogP contribution in [-0.4, -0.2) is 20.0 Å². The number of benzene rings is 1. The first-order valence-electron chi connectivity index (χ1n) is 5.79. The summed E-state index contributed by atoms with van der Waals surface area (Å²) in [7, 11) is 1.87. The van der Waals surface area contributed by atoms with Crippen LogP contribution in [-0.2, 0) is 13.6 Å². The highest BCUT2D eigenvalue weighted by atomic mass is 16.3. The van der Waals surface area contributed by atoms with Gasteiger partial charge < -0.3 is 15.5 Å². The summed E-state index contributed by atoms with van der Waals surface area (Å²) in [4.78, 5) is 0. The summed E-state index contributed by atoms with van der Waals surface area (Å²) >= 11 is 0. The molecule has 0 aliphatic heterocycles. The molecular formula is C13H17N3O2. The van der Waals surface area contributed by atoms with Gasteiger partial charge in [0.2, 0.25) is 0 Å². The van der Waals surface area contributed by atoms with Crippen molar-refractivity contribution < 1.29 is 10.2 Å². The van der Waals surface area contributed by atoms with Gasteiger partial charge in [-0.15, -0.1) is 0 Å². The van der Waals surface area contributed by atoms with Crippen LogP contribution in [0.2, 0.25) is 0 Å². The summed E-state index contributed by atoms with van der Waals surface area (Å²) in [5, 5.41) is 26.5. The molecule has 2 rings (SSSR count). The Morgan fingerprint density at radius 1 is 1.39 bits per heavy atom. The lowest BCUT2D eigenvalue weighted by molar-refractivity contribution is 0.440. The van der Waals surface area contributed by atoms with E-state index in [1.54, 1.807) is 16.9 Å². The summed E-state index contributed by atoms with van der Waals surface area (Å²) in [5.41, 5.74) is 1.75. The monoisotopic (exact) mass is 247 g/mol. The maximum atomic E-state index is 9.74. The lowest BCUT2D eigenvalue weighted by Crippen LogP contribution is -2.17. The van der Waals surface area contributed by atoms with Crippen LogP contribution in [0.25, 0.3) is 0 Å². The minimum absolute atomic E-state index is 0.0580. The molecule has 1 heterocycles. The van der Waals surface area contributed by atoms with E-state index in [4.69, 9.17) is 0 Å². The number of hydrogen-bond donors (Lipinski definition) is 3. The van der Waals surface area contributed by atoms with Gasteiger partial charge in [-0.3, -0.25) is 4.68 Å². The van der Waals surface area contributed by atoms with Crippen LogP contribution in [0.4, 0.5) is 0 Å². The molecule has 3 N–H and O–H groups in total. The first-order valence-corrected chi connectivity index (χ1v) is 5.79. The van der Waals surface area contributed by atoms with Crippen molar-refractivity contribution in [3.05, 3.63) is 41.7 Å². The Hall–Kier alpha value is -2.01. The average molecular weight is 247 g/mol. The third kappa shape index (κ3) is 2.81. The van der Waals surface area contributed by atoms with Gasteiger partial charge in [0, 0.05) is 37.0 Å². The van der Waals surface area contributed by atoms with E-state index in [0.29, 0.717) is 12.1 Å². The molecule has 5 heteroatoms. The standard InChI is InChI=1S/C13H17N3O2/c1-9(12-5-11(17)3-4-13(12)18)14-6-10-7-15-16(2)8-10/h3-5,7-9,14,17-18H,6H2,1-2H3. The highest BCUT2D eigenvalue weighted by Crippen LogP contribution is 2.27. The molecule has 2 aromatic rings. The van der Waals surface area contributed by atoms with Gasteiger partial charge in [0.15, 0.2) is 0 Å². The number of nitrogens with zero attached hydrogens (tertiary/aromatic N) is 2. The van der Waals surface area contributed by atoms with Gasteiger partial charge in [-0.2, -0.15) is 5.10 Å². The van der Waals surface area contributed by atoms with E-state index >= 15 is 0 Å². The summed E-state index contributed by atoms with van der Waals surface area (Å²) in [6.07, 6.45) is 3.73. The van der Waals surface area contributed by atoms with Gasteiger partial charge in [-0.05, 0) is 25.1 Å². The molecule has 18 heavy (non-hydrogen) atoms. The van der Waals surface area contributed by atoms with Crippen molar-refractivity contribution in [1.82, 2.24) is 15.1 Å². The van der Waals surface area contributed by atoms with Gasteiger partial charge in [-0.25, -0.2) is 0 Å². The predicted octanol–water partition coefficient (Wildman–Crippen LogP) is 1.68. The molecule has 1 aromatic heterocycles. The molecule has 1 aromatic carbocycles. The number of aromatic hydroxyl groups is 2. The number of rotatable bonds is 4.